The van der Waals surface area contributed by atoms with Gasteiger partial charge in [-0.05, 0) is 31.9 Å². The molecule has 106 valence electrons. The van der Waals surface area contributed by atoms with Crippen LogP contribution in [-0.4, -0.2) is 29.4 Å². The van der Waals surface area contributed by atoms with E-state index in [9.17, 15) is 8.42 Å². The molecule has 1 aromatic heterocycles. The molecule has 0 N–H and O–H groups in total. The lowest BCUT2D eigenvalue weighted by Gasteiger charge is -2.21. The van der Waals surface area contributed by atoms with Crippen LogP contribution in [0.5, 0.6) is 0 Å². The fourth-order valence-electron chi connectivity index (χ4n) is 2.45. The highest BCUT2D eigenvalue weighted by Crippen LogP contribution is 2.35. The Hall–Kier alpha value is -1.73. The minimum atomic E-state index is -3.52. The van der Waals surface area contributed by atoms with Crippen LogP contribution in [0.25, 0.3) is 0 Å². The second kappa shape index (κ2) is 4.99. The summed E-state index contributed by atoms with van der Waals surface area (Å²) >= 11 is 0. The van der Waals surface area contributed by atoms with Crippen molar-refractivity contribution >= 4 is 10.0 Å². The van der Waals surface area contributed by atoms with Crippen LogP contribution < -0.4 is 0 Å². The molecule has 1 aliphatic heterocycles. The second-order valence-electron chi connectivity index (χ2n) is 4.77. The number of hydrogen-bond acceptors (Lipinski definition) is 5. The summed E-state index contributed by atoms with van der Waals surface area (Å²) in [5.74, 6) is 0.892. The first-order valence-corrected chi connectivity index (χ1v) is 7.90. The van der Waals surface area contributed by atoms with Crippen LogP contribution in [0.15, 0.2) is 39.8 Å². The van der Waals surface area contributed by atoms with Crippen LogP contribution >= 0.6 is 0 Å². The molecule has 6 nitrogen and oxygen atoms in total. The fraction of sp³-hybridized carbons (Fsp3) is 0.385. The Morgan fingerprint density at radius 2 is 2.05 bits per heavy atom. The second-order valence-corrected chi connectivity index (χ2v) is 6.66. The van der Waals surface area contributed by atoms with E-state index in [4.69, 9.17) is 4.52 Å². The van der Waals surface area contributed by atoms with Gasteiger partial charge >= 0.3 is 0 Å². The SMILES string of the molecule is Cc1noc(C2CCCN2S(=O)(=O)c2ccccc2)n1. The molecule has 1 saturated heterocycles. The van der Waals surface area contributed by atoms with Gasteiger partial charge in [-0.15, -0.1) is 0 Å². The van der Waals surface area contributed by atoms with Crippen molar-refractivity contribution in [3.8, 4) is 0 Å². The number of aromatic nitrogens is 2. The maximum absolute atomic E-state index is 12.7. The molecule has 1 aliphatic rings. The Kier molecular flexibility index (Phi) is 3.31. The van der Waals surface area contributed by atoms with Gasteiger partial charge in [-0.2, -0.15) is 9.29 Å². The molecule has 7 heteroatoms. The maximum atomic E-state index is 12.7. The third-order valence-corrected chi connectivity index (χ3v) is 5.30. The fourth-order valence-corrected chi connectivity index (χ4v) is 4.12. The molecule has 0 saturated carbocycles. The number of hydrogen-bond donors (Lipinski definition) is 0. The lowest BCUT2D eigenvalue weighted by molar-refractivity contribution is 0.289. The standard InChI is InChI=1S/C13H15N3O3S/c1-10-14-13(19-15-10)12-8-5-9-16(12)20(17,18)11-6-3-2-4-7-11/h2-4,6-7,12H,5,8-9H2,1H3. The molecule has 0 radical (unpaired) electrons. The van der Waals surface area contributed by atoms with E-state index in [0.29, 0.717) is 29.6 Å². The molecule has 3 rings (SSSR count). The van der Waals surface area contributed by atoms with Crippen LogP contribution in [0.2, 0.25) is 0 Å². The van der Waals surface area contributed by atoms with Crippen LogP contribution in [-0.2, 0) is 10.0 Å². The summed E-state index contributed by atoms with van der Waals surface area (Å²) in [4.78, 5) is 4.46. The summed E-state index contributed by atoms with van der Waals surface area (Å²) in [5, 5.41) is 3.74. The van der Waals surface area contributed by atoms with Crippen LogP contribution in [0, 0.1) is 6.92 Å². The normalized spacial score (nSPS) is 20.4. The van der Waals surface area contributed by atoms with Gasteiger partial charge in [0, 0.05) is 6.54 Å². The first kappa shape index (κ1) is 13.3. The molecule has 1 aromatic carbocycles. The molecule has 1 unspecified atom stereocenters. The predicted octanol–water partition coefficient (Wildman–Crippen LogP) is 1.90. The van der Waals surface area contributed by atoms with Crippen molar-refractivity contribution in [1.29, 1.82) is 0 Å². The van der Waals surface area contributed by atoms with E-state index in [1.54, 1.807) is 37.3 Å². The topological polar surface area (TPSA) is 76.3 Å². The van der Waals surface area contributed by atoms with Gasteiger partial charge in [-0.3, -0.25) is 0 Å². The van der Waals surface area contributed by atoms with Gasteiger partial charge in [0.25, 0.3) is 0 Å². The molecule has 20 heavy (non-hydrogen) atoms. The molecule has 0 spiro atoms. The minimum Gasteiger partial charge on any atom is -0.338 e. The van der Waals surface area contributed by atoms with E-state index in [1.807, 2.05) is 0 Å². The molecule has 0 amide bonds. The van der Waals surface area contributed by atoms with Crippen LogP contribution in [0.3, 0.4) is 0 Å². The van der Waals surface area contributed by atoms with Crippen molar-refractivity contribution in [3.05, 3.63) is 42.0 Å². The monoisotopic (exact) mass is 293 g/mol. The van der Waals surface area contributed by atoms with E-state index < -0.39 is 10.0 Å². The Labute approximate surface area is 117 Å². The van der Waals surface area contributed by atoms with E-state index in [2.05, 4.69) is 10.1 Å². The van der Waals surface area contributed by atoms with Gasteiger partial charge in [0.15, 0.2) is 5.82 Å². The average Bonchev–Trinajstić information content (AvgIpc) is 3.08. The minimum absolute atomic E-state index is 0.295. The summed E-state index contributed by atoms with van der Waals surface area (Å²) < 4.78 is 31.9. The molecule has 1 atom stereocenters. The lowest BCUT2D eigenvalue weighted by Crippen LogP contribution is -2.30. The highest BCUT2D eigenvalue weighted by Gasteiger charge is 2.39. The zero-order chi connectivity index (χ0) is 14.2. The molecular formula is C13H15N3O3S. The van der Waals surface area contributed by atoms with Gasteiger partial charge in [0.05, 0.1) is 4.90 Å². The van der Waals surface area contributed by atoms with Crippen molar-refractivity contribution in [1.82, 2.24) is 14.4 Å². The molecule has 2 heterocycles. The number of nitrogens with zero attached hydrogens (tertiary/aromatic N) is 3. The first-order chi connectivity index (χ1) is 9.59. The van der Waals surface area contributed by atoms with E-state index in [-0.39, 0.29) is 6.04 Å². The Balaban J connectivity index is 1.97. The summed E-state index contributed by atoms with van der Waals surface area (Å²) in [7, 11) is -3.52. The highest BCUT2D eigenvalue weighted by atomic mass is 32.2. The quantitative estimate of drug-likeness (QED) is 0.864. The number of aryl methyl sites for hydroxylation is 1. The van der Waals surface area contributed by atoms with Gasteiger partial charge in [-0.1, -0.05) is 23.4 Å². The lowest BCUT2D eigenvalue weighted by atomic mass is 10.2. The van der Waals surface area contributed by atoms with Crippen LogP contribution in [0.1, 0.15) is 30.6 Å². The summed E-state index contributed by atoms with van der Waals surface area (Å²) in [5.41, 5.74) is 0. The van der Waals surface area contributed by atoms with Crippen LogP contribution in [0.4, 0.5) is 0 Å². The van der Waals surface area contributed by atoms with Crippen molar-refractivity contribution < 1.29 is 12.9 Å². The number of sulfonamides is 1. The largest absolute Gasteiger partial charge is 0.338 e. The van der Waals surface area contributed by atoms with Gasteiger partial charge in [-0.25, -0.2) is 8.42 Å². The smallest absolute Gasteiger partial charge is 0.245 e. The summed E-state index contributed by atoms with van der Waals surface area (Å²) in [6, 6.07) is 8.07. The molecule has 0 bridgehead atoms. The Morgan fingerprint density at radius 3 is 2.70 bits per heavy atom. The van der Waals surface area contributed by atoms with Crippen molar-refractivity contribution in [2.75, 3.05) is 6.54 Å². The molecule has 0 aliphatic carbocycles. The predicted molar refractivity (Wildman–Crippen MR) is 71.3 cm³/mol. The number of rotatable bonds is 3. The molecular weight excluding hydrogens is 278 g/mol. The van der Waals surface area contributed by atoms with E-state index in [0.717, 1.165) is 6.42 Å². The van der Waals surface area contributed by atoms with Crippen molar-refractivity contribution in [2.45, 2.75) is 30.7 Å². The number of benzene rings is 1. The van der Waals surface area contributed by atoms with Crippen molar-refractivity contribution in [3.63, 3.8) is 0 Å². The van der Waals surface area contributed by atoms with Gasteiger partial charge in [0.1, 0.15) is 6.04 Å². The van der Waals surface area contributed by atoms with Crippen molar-refractivity contribution in [2.24, 2.45) is 0 Å². The Morgan fingerprint density at radius 1 is 1.30 bits per heavy atom. The first-order valence-electron chi connectivity index (χ1n) is 6.46. The van der Waals surface area contributed by atoms with Gasteiger partial charge in [0.2, 0.25) is 15.9 Å². The third kappa shape index (κ3) is 2.23. The molecule has 2 aromatic rings. The Bertz CT molecular complexity index is 697. The average molecular weight is 293 g/mol. The molecule has 1 fully saturated rings. The zero-order valence-corrected chi connectivity index (χ0v) is 11.9. The third-order valence-electron chi connectivity index (χ3n) is 3.38. The van der Waals surface area contributed by atoms with Gasteiger partial charge < -0.3 is 4.52 Å². The van der Waals surface area contributed by atoms with E-state index >= 15 is 0 Å². The summed E-state index contributed by atoms with van der Waals surface area (Å²) in [6.07, 6.45) is 1.49. The highest BCUT2D eigenvalue weighted by molar-refractivity contribution is 7.89. The summed E-state index contributed by atoms with van der Waals surface area (Å²) in [6.45, 7) is 2.20. The zero-order valence-electron chi connectivity index (χ0n) is 11.1. The van der Waals surface area contributed by atoms with E-state index in [1.165, 1.54) is 4.31 Å². The maximum Gasteiger partial charge on any atom is 0.245 e.